The zero-order valence-corrected chi connectivity index (χ0v) is 25.0. The van der Waals surface area contributed by atoms with E-state index in [4.69, 9.17) is 32.7 Å². The summed E-state index contributed by atoms with van der Waals surface area (Å²) in [4.78, 5) is 39.5. The molecule has 2 fully saturated rings. The van der Waals surface area contributed by atoms with Crippen LogP contribution in [0.2, 0.25) is 10.0 Å². The van der Waals surface area contributed by atoms with Gasteiger partial charge in [-0.05, 0) is 55.9 Å². The molecule has 1 saturated heterocycles. The number of carbonyl (C=O) groups excluding carboxylic acids is 2. The number of hydrogen-bond donors (Lipinski definition) is 2. The molecule has 10 nitrogen and oxygen atoms in total. The summed E-state index contributed by atoms with van der Waals surface area (Å²) in [5, 5.41) is 17.7. The van der Waals surface area contributed by atoms with Crippen molar-refractivity contribution in [3.63, 3.8) is 0 Å². The molecule has 2 aromatic carbocycles. The summed E-state index contributed by atoms with van der Waals surface area (Å²) >= 11 is 13.1. The summed E-state index contributed by atoms with van der Waals surface area (Å²) < 4.78 is 13.3. The smallest absolute Gasteiger partial charge is 0.306 e. The number of fused-ring (bicyclic) bond motifs is 1. The molecular weight excluding hydrogens is 583 g/mol. The fraction of sp³-hybridized carbons (Fsp3) is 0.467. The van der Waals surface area contributed by atoms with Gasteiger partial charge in [0.1, 0.15) is 0 Å². The fourth-order valence-corrected chi connectivity index (χ4v) is 6.34. The third-order valence-electron chi connectivity index (χ3n) is 8.28. The molecule has 1 aliphatic carbocycles. The first-order chi connectivity index (χ1) is 20.1. The van der Waals surface area contributed by atoms with E-state index in [0.29, 0.717) is 66.9 Å². The Hall–Kier alpha value is -3.18. The van der Waals surface area contributed by atoms with Crippen molar-refractivity contribution in [1.29, 1.82) is 0 Å². The Morgan fingerprint density at radius 1 is 1.07 bits per heavy atom. The maximum Gasteiger partial charge on any atom is 0.306 e. The molecule has 2 aliphatic rings. The van der Waals surface area contributed by atoms with E-state index < -0.39 is 11.9 Å². The van der Waals surface area contributed by atoms with Gasteiger partial charge in [0.25, 0.3) is 5.91 Å². The lowest BCUT2D eigenvalue weighted by atomic mass is 9.87. The van der Waals surface area contributed by atoms with Gasteiger partial charge in [-0.2, -0.15) is 5.10 Å². The molecule has 3 aromatic rings. The van der Waals surface area contributed by atoms with Crippen LogP contribution in [0.15, 0.2) is 36.4 Å². The molecule has 1 aromatic heterocycles. The minimum atomic E-state index is -0.750. The lowest BCUT2D eigenvalue weighted by molar-refractivity contribution is -0.144. The van der Waals surface area contributed by atoms with Crippen molar-refractivity contribution in [2.24, 2.45) is 13.0 Å². The molecule has 2 amide bonds. The predicted octanol–water partition coefficient (Wildman–Crippen LogP) is 4.95. The number of nitrogens with zero attached hydrogens (tertiary/aromatic N) is 3. The minimum absolute atomic E-state index is 0.0146. The molecule has 42 heavy (non-hydrogen) atoms. The molecule has 1 saturated carbocycles. The van der Waals surface area contributed by atoms with Crippen LogP contribution in [0.25, 0.3) is 10.9 Å². The van der Waals surface area contributed by atoms with Crippen LogP contribution in [0.3, 0.4) is 0 Å². The van der Waals surface area contributed by atoms with Gasteiger partial charge >= 0.3 is 5.97 Å². The SMILES string of the molecule is CO[C@H]1C[C@@H](COC2CCC(C(=O)O)CC2)N(C(=O)Cc2cc(Cl)c(NC(=O)c3nn(C)c4ccccc34)cc2Cl)C1. The van der Waals surface area contributed by atoms with Gasteiger partial charge < -0.3 is 24.8 Å². The maximum absolute atomic E-state index is 13.5. The second-order valence-corrected chi connectivity index (χ2v) is 11.8. The summed E-state index contributed by atoms with van der Waals surface area (Å²) in [6.07, 6.45) is 3.13. The lowest BCUT2D eigenvalue weighted by Gasteiger charge is -2.30. The molecular formula is C30H34Cl2N4O6. The van der Waals surface area contributed by atoms with Gasteiger partial charge in [-0.15, -0.1) is 0 Å². The van der Waals surface area contributed by atoms with E-state index >= 15 is 0 Å². The first kappa shape index (κ1) is 30.3. The molecule has 12 heteroatoms. The third-order valence-corrected chi connectivity index (χ3v) is 8.94. The number of aliphatic carboxylic acids is 1. The first-order valence-corrected chi connectivity index (χ1v) is 14.8. The number of ether oxygens (including phenoxy) is 2. The number of hydrogen-bond acceptors (Lipinski definition) is 6. The van der Waals surface area contributed by atoms with Crippen molar-refractivity contribution in [3.05, 3.63) is 57.7 Å². The average molecular weight is 618 g/mol. The number of anilines is 1. The average Bonchev–Trinajstić information content (AvgIpc) is 3.56. The molecule has 2 N–H and O–H groups in total. The largest absolute Gasteiger partial charge is 0.481 e. The molecule has 1 aliphatic heterocycles. The number of likely N-dealkylation sites (tertiary alicyclic amines) is 1. The van der Waals surface area contributed by atoms with Crippen molar-refractivity contribution in [2.75, 3.05) is 25.6 Å². The van der Waals surface area contributed by atoms with Crippen molar-refractivity contribution in [1.82, 2.24) is 14.7 Å². The number of carboxylic acid groups (broad SMARTS) is 1. The molecule has 0 spiro atoms. The molecule has 2 heterocycles. The Labute approximate surface area is 253 Å². The number of methoxy groups -OCH3 is 1. The van der Waals surface area contributed by atoms with E-state index in [2.05, 4.69) is 10.4 Å². The van der Waals surface area contributed by atoms with E-state index in [9.17, 15) is 19.5 Å². The van der Waals surface area contributed by atoms with Crippen molar-refractivity contribution < 1.29 is 29.0 Å². The number of amides is 2. The first-order valence-electron chi connectivity index (χ1n) is 14.0. The van der Waals surface area contributed by atoms with Crippen molar-refractivity contribution in [2.45, 2.75) is 56.8 Å². The number of nitrogens with one attached hydrogen (secondary N) is 1. The highest BCUT2D eigenvalue weighted by Gasteiger charge is 2.36. The van der Waals surface area contributed by atoms with Gasteiger partial charge in [0.2, 0.25) is 5.91 Å². The fourth-order valence-electron chi connectivity index (χ4n) is 5.88. The number of benzene rings is 2. The van der Waals surface area contributed by atoms with Crippen molar-refractivity contribution in [3.8, 4) is 0 Å². The van der Waals surface area contributed by atoms with Gasteiger partial charge in [0.05, 0.1) is 53.4 Å². The Balaban J connectivity index is 1.23. The standard InChI is InChI=1S/C30H34Cl2N4O6/c1-35-26-6-4-3-5-22(26)28(34-35)29(38)33-25-14-23(31)18(11-24(25)32)12-27(37)36-15-21(41-2)13-19(36)16-42-20-9-7-17(8-10-20)30(39)40/h3-6,11,14,17,19-21H,7-10,12-13,15-16H2,1-2H3,(H,33,38)(H,39,40)/t17?,19-,20?,21-/m0/s1. The molecule has 5 rings (SSSR count). The van der Waals surface area contributed by atoms with Crippen LogP contribution in [0.4, 0.5) is 5.69 Å². The molecule has 224 valence electrons. The van der Waals surface area contributed by atoms with E-state index in [1.165, 1.54) is 0 Å². The number of carboxylic acids is 1. The highest BCUT2D eigenvalue weighted by molar-refractivity contribution is 6.36. The van der Waals surface area contributed by atoms with E-state index in [1.54, 1.807) is 35.9 Å². The molecule has 0 radical (unpaired) electrons. The van der Waals surface area contributed by atoms with E-state index in [0.717, 1.165) is 5.52 Å². The van der Waals surface area contributed by atoms with E-state index in [1.807, 2.05) is 24.3 Å². The summed E-state index contributed by atoms with van der Waals surface area (Å²) in [6.45, 7) is 0.794. The van der Waals surface area contributed by atoms with Gasteiger partial charge in [0.15, 0.2) is 5.69 Å². The lowest BCUT2D eigenvalue weighted by Crippen LogP contribution is -2.40. The highest BCUT2D eigenvalue weighted by atomic mass is 35.5. The Morgan fingerprint density at radius 2 is 1.81 bits per heavy atom. The van der Waals surface area contributed by atoms with Gasteiger partial charge in [0, 0.05) is 31.1 Å². The molecule has 2 atom stereocenters. The van der Waals surface area contributed by atoms with Gasteiger partial charge in [-0.25, -0.2) is 0 Å². The number of halogens is 2. The second-order valence-electron chi connectivity index (χ2n) is 11.0. The van der Waals surface area contributed by atoms with Gasteiger partial charge in [-0.1, -0.05) is 41.4 Å². The number of para-hydroxylation sites is 1. The van der Waals surface area contributed by atoms with E-state index in [-0.39, 0.29) is 47.2 Å². The topological polar surface area (TPSA) is 123 Å². The third kappa shape index (κ3) is 6.57. The molecule has 0 unspecified atom stereocenters. The predicted molar refractivity (Wildman–Crippen MR) is 159 cm³/mol. The second kappa shape index (κ2) is 13.0. The van der Waals surface area contributed by atoms with Crippen LogP contribution >= 0.6 is 23.2 Å². The summed E-state index contributed by atoms with van der Waals surface area (Å²) in [5.74, 6) is -1.61. The van der Waals surface area contributed by atoms with Crippen LogP contribution in [0.5, 0.6) is 0 Å². The summed E-state index contributed by atoms with van der Waals surface area (Å²) in [6, 6.07) is 10.4. The minimum Gasteiger partial charge on any atom is -0.481 e. The number of rotatable bonds is 9. The van der Waals surface area contributed by atoms with Crippen LogP contribution in [-0.4, -0.2) is 76.1 Å². The quantitative estimate of drug-likeness (QED) is 0.348. The van der Waals surface area contributed by atoms with Crippen LogP contribution < -0.4 is 5.32 Å². The number of aryl methyl sites for hydroxylation is 1. The zero-order valence-electron chi connectivity index (χ0n) is 23.5. The number of aromatic nitrogens is 2. The summed E-state index contributed by atoms with van der Waals surface area (Å²) in [7, 11) is 3.40. The van der Waals surface area contributed by atoms with Crippen LogP contribution in [0.1, 0.15) is 48.2 Å². The maximum atomic E-state index is 13.5. The normalized spacial score (nSPS) is 22.4. The highest BCUT2D eigenvalue weighted by Crippen LogP contribution is 2.32. The van der Waals surface area contributed by atoms with Crippen LogP contribution in [-0.2, 0) is 32.5 Å². The van der Waals surface area contributed by atoms with Gasteiger partial charge in [-0.3, -0.25) is 19.1 Å². The zero-order chi connectivity index (χ0) is 30.0. The Kier molecular flexibility index (Phi) is 9.37. The van der Waals surface area contributed by atoms with Crippen LogP contribution in [0, 0.1) is 5.92 Å². The monoisotopic (exact) mass is 616 g/mol. The van der Waals surface area contributed by atoms with Crippen molar-refractivity contribution >= 4 is 57.6 Å². The summed E-state index contributed by atoms with van der Waals surface area (Å²) in [5.41, 5.74) is 1.96. The Bertz CT molecular complexity index is 1490. The molecule has 0 bridgehead atoms. The Morgan fingerprint density at radius 3 is 2.52 bits per heavy atom. The number of carbonyl (C=O) groups is 3.